The Balaban J connectivity index is 2.23. The lowest BCUT2D eigenvalue weighted by molar-refractivity contribution is 0.344. The van der Waals surface area contributed by atoms with E-state index >= 15 is 0 Å². The second-order valence-electron chi connectivity index (χ2n) is 4.34. The van der Waals surface area contributed by atoms with Gasteiger partial charge in [0.2, 0.25) is 5.95 Å². The molecule has 0 bridgehead atoms. The van der Waals surface area contributed by atoms with E-state index in [1.54, 1.807) is 0 Å². The van der Waals surface area contributed by atoms with Gasteiger partial charge in [0.05, 0.1) is 12.1 Å². The predicted molar refractivity (Wildman–Crippen MR) is 84.4 cm³/mol. The van der Waals surface area contributed by atoms with Gasteiger partial charge in [-0.05, 0) is 43.3 Å². The lowest BCUT2D eigenvalue weighted by Crippen LogP contribution is -2.00. The third kappa shape index (κ3) is 2.14. The van der Waals surface area contributed by atoms with E-state index < -0.39 is 0 Å². The highest BCUT2D eigenvalue weighted by Crippen LogP contribution is 2.30. The number of hydrogen-bond acceptors (Lipinski definition) is 3. The van der Waals surface area contributed by atoms with Crippen molar-refractivity contribution in [2.45, 2.75) is 6.92 Å². The lowest BCUT2D eigenvalue weighted by atomic mass is 10.2. The zero-order valence-corrected chi connectivity index (χ0v) is 12.6. The summed E-state index contributed by atoms with van der Waals surface area (Å²) in [5.41, 5.74) is 8.77. The number of anilines is 1. The quantitative estimate of drug-likeness (QED) is 0.794. The van der Waals surface area contributed by atoms with Crippen molar-refractivity contribution < 1.29 is 4.74 Å². The summed E-state index contributed by atoms with van der Waals surface area (Å²) < 4.78 is 8.55. The van der Waals surface area contributed by atoms with Gasteiger partial charge in [0, 0.05) is 10.2 Å². The molecule has 2 N–H and O–H groups in total. The summed E-state index contributed by atoms with van der Waals surface area (Å²) in [4.78, 5) is 4.43. The maximum atomic E-state index is 6.07. The van der Waals surface area contributed by atoms with Gasteiger partial charge in [-0.3, -0.25) is 4.57 Å². The molecule has 0 saturated carbocycles. The van der Waals surface area contributed by atoms with Gasteiger partial charge >= 0.3 is 0 Å². The fourth-order valence-electron chi connectivity index (χ4n) is 2.23. The molecule has 0 aliphatic heterocycles. The molecular weight excluding hydrogens is 318 g/mol. The van der Waals surface area contributed by atoms with Crippen LogP contribution in [0.4, 0.5) is 5.95 Å². The van der Waals surface area contributed by atoms with Gasteiger partial charge in [-0.1, -0.05) is 22.0 Å². The Hall–Kier alpha value is -2.01. The second kappa shape index (κ2) is 5.17. The Morgan fingerprint density at radius 2 is 1.95 bits per heavy atom. The van der Waals surface area contributed by atoms with Crippen molar-refractivity contribution in [2.75, 3.05) is 12.3 Å². The molecule has 0 aliphatic carbocycles. The number of benzene rings is 2. The third-order valence-corrected chi connectivity index (χ3v) is 3.59. The minimum absolute atomic E-state index is 0.453. The molecule has 0 atom stereocenters. The van der Waals surface area contributed by atoms with E-state index in [1.165, 1.54) is 0 Å². The van der Waals surface area contributed by atoms with E-state index in [4.69, 9.17) is 10.5 Å². The molecule has 102 valence electrons. The van der Waals surface area contributed by atoms with Crippen molar-refractivity contribution in [3.8, 4) is 11.4 Å². The van der Waals surface area contributed by atoms with E-state index in [0.29, 0.717) is 12.6 Å². The third-order valence-electron chi connectivity index (χ3n) is 3.06. The average Bonchev–Trinajstić information content (AvgIpc) is 2.78. The van der Waals surface area contributed by atoms with Gasteiger partial charge in [-0.25, -0.2) is 4.98 Å². The zero-order valence-electron chi connectivity index (χ0n) is 11.0. The highest BCUT2D eigenvalue weighted by Gasteiger charge is 2.13. The van der Waals surface area contributed by atoms with Gasteiger partial charge < -0.3 is 10.5 Å². The van der Waals surface area contributed by atoms with Crippen LogP contribution in [0.2, 0.25) is 0 Å². The summed E-state index contributed by atoms with van der Waals surface area (Å²) in [5, 5.41) is 0. The minimum Gasteiger partial charge on any atom is -0.492 e. The Labute approximate surface area is 125 Å². The van der Waals surface area contributed by atoms with Crippen molar-refractivity contribution in [3.63, 3.8) is 0 Å². The van der Waals surface area contributed by atoms with Crippen LogP contribution in [0.3, 0.4) is 0 Å². The topological polar surface area (TPSA) is 53.1 Å². The average molecular weight is 332 g/mol. The van der Waals surface area contributed by atoms with Crippen molar-refractivity contribution in [1.29, 1.82) is 0 Å². The number of fused-ring (bicyclic) bond motifs is 1. The summed E-state index contributed by atoms with van der Waals surface area (Å²) in [5.74, 6) is 1.21. The molecule has 3 rings (SSSR count). The smallest absolute Gasteiger partial charge is 0.206 e. The normalized spacial score (nSPS) is 10.9. The number of rotatable bonds is 3. The fourth-order valence-corrected chi connectivity index (χ4v) is 2.49. The first kappa shape index (κ1) is 13.0. The monoisotopic (exact) mass is 331 g/mol. The number of imidazole rings is 1. The molecule has 0 unspecified atom stereocenters. The van der Waals surface area contributed by atoms with Crippen LogP contribution in [0.15, 0.2) is 46.9 Å². The van der Waals surface area contributed by atoms with Crippen LogP contribution in [0.5, 0.6) is 5.75 Å². The summed E-state index contributed by atoms with van der Waals surface area (Å²) in [7, 11) is 0. The summed E-state index contributed by atoms with van der Waals surface area (Å²) in [6.45, 7) is 2.55. The molecule has 0 fully saturated rings. The number of nitrogen functional groups attached to an aromatic ring is 1. The van der Waals surface area contributed by atoms with Gasteiger partial charge in [0.1, 0.15) is 11.3 Å². The Bertz CT molecular complexity index is 750. The molecule has 0 radical (unpaired) electrons. The van der Waals surface area contributed by atoms with E-state index in [1.807, 2.05) is 54.0 Å². The van der Waals surface area contributed by atoms with Gasteiger partial charge in [0.15, 0.2) is 0 Å². The maximum Gasteiger partial charge on any atom is 0.206 e. The highest BCUT2D eigenvalue weighted by atomic mass is 79.9. The van der Waals surface area contributed by atoms with E-state index in [0.717, 1.165) is 26.9 Å². The first-order valence-electron chi connectivity index (χ1n) is 6.36. The van der Waals surface area contributed by atoms with E-state index in [2.05, 4.69) is 20.9 Å². The number of ether oxygens (including phenoxy) is 1. The van der Waals surface area contributed by atoms with Crippen molar-refractivity contribution in [1.82, 2.24) is 9.55 Å². The molecule has 3 aromatic rings. The Morgan fingerprint density at radius 1 is 1.20 bits per heavy atom. The molecule has 0 spiro atoms. The molecule has 0 amide bonds. The Morgan fingerprint density at radius 3 is 2.65 bits per heavy atom. The van der Waals surface area contributed by atoms with E-state index in [-0.39, 0.29) is 0 Å². The number of aromatic nitrogens is 2. The van der Waals surface area contributed by atoms with Gasteiger partial charge in [-0.2, -0.15) is 0 Å². The lowest BCUT2D eigenvalue weighted by Gasteiger charge is -2.07. The van der Waals surface area contributed by atoms with Crippen molar-refractivity contribution >= 4 is 32.9 Å². The number of nitrogens with zero attached hydrogens (tertiary/aromatic N) is 2. The molecule has 2 aromatic carbocycles. The summed E-state index contributed by atoms with van der Waals surface area (Å²) in [6.07, 6.45) is 0. The summed E-state index contributed by atoms with van der Waals surface area (Å²) in [6, 6.07) is 13.8. The fraction of sp³-hybridized carbons (Fsp3) is 0.133. The van der Waals surface area contributed by atoms with Crippen LogP contribution in [-0.2, 0) is 0 Å². The van der Waals surface area contributed by atoms with Crippen molar-refractivity contribution in [3.05, 3.63) is 46.9 Å². The standard InChI is InChI=1S/C15H14BrN3O/c1-2-20-13-5-3-4-12-14(13)18-15(17)19(12)11-8-6-10(16)7-9-11/h3-9H,2H2,1H3,(H2,17,18). The summed E-state index contributed by atoms with van der Waals surface area (Å²) >= 11 is 3.43. The molecule has 1 aromatic heterocycles. The number of halogens is 1. The maximum absolute atomic E-state index is 6.07. The van der Waals surface area contributed by atoms with Crippen LogP contribution < -0.4 is 10.5 Å². The predicted octanol–water partition coefficient (Wildman–Crippen LogP) is 3.77. The second-order valence-corrected chi connectivity index (χ2v) is 5.25. The van der Waals surface area contributed by atoms with Gasteiger partial charge in [0.25, 0.3) is 0 Å². The largest absolute Gasteiger partial charge is 0.492 e. The van der Waals surface area contributed by atoms with Crippen LogP contribution in [0, 0.1) is 0 Å². The van der Waals surface area contributed by atoms with Gasteiger partial charge in [-0.15, -0.1) is 0 Å². The molecule has 4 nitrogen and oxygen atoms in total. The Kier molecular flexibility index (Phi) is 3.36. The van der Waals surface area contributed by atoms with Crippen LogP contribution in [0.25, 0.3) is 16.7 Å². The van der Waals surface area contributed by atoms with Crippen molar-refractivity contribution in [2.24, 2.45) is 0 Å². The first-order chi connectivity index (χ1) is 9.70. The zero-order chi connectivity index (χ0) is 14.1. The molecule has 20 heavy (non-hydrogen) atoms. The molecule has 0 saturated heterocycles. The molecular formula is C15H14BrN3O. The number of nitrogens with two attached hydrogens (primary N) is 1. The number of para-hydroxylation sites is 1. The first-order valence-corrected chi connectivity index (χ1v) is 7.15. The molecule has 1 heterocycles. The SMILES string of the molecule is CCOc1cccc2c1nc(N)n2-c1ccc(Br)cc1. The highest BCUT2D eigenvalue weighted by molar-refractivity contribution is 9.10. The van der Waals surface area contributed by atoms with Crippen LogP contribution in [0.1, 0.15) is 6.92 Å². The van der Waals surface area contributed by atoms with Crippen LogP contribution >= 0.6 is 15.9 Å². The molecule has 0 aliphatic rings. The minimum atomic E-state index is 0.453. The van der Waals surface area contributed by atoms with E-state index in [9.17, 15) is 0 Å². The molecule has 5 heteroatoms. The number of hydrogen-bond donors (Lipinski definition) is 1. The van der Waals surface area contributed by atoms with Crippen LogP contribution in [-0.4, -0.2) is 16.2 Å².